The van der Waals surface area contributed by atoms with Gasteiger partial charge in [-0.3, -0.25) is 48.5 Å². The molecule has 0 saturated carbocycles. The standard InChI is InChI=1S/C16H20O10S.2C12H14O8S.2C11H11F3O6S.2C11H11NO6S/c1-9(2)14(19)24-12-13-16(4-5-22-8-17)11(27(20,21)25-13)6-15(12,26-16)7-23-10(3)18;1-5(2)10(13)19-7-6-4-12(11(14)17-3)9(18-6)8(7)20-21(12,15)16;1-4(2)11(13)19-7-6-5(12(14)17-3)10-9(18-6)8(7)20-21(10,15)16;1-4(2)9(15)19-6-5-3-10(11(12,13)14)8(18-5)7(6)20-21(10,16)17;1-3(2)10(15)19-6-5-4(11(12,13)14)9-8(18-5)7(6)20-21(9,16)17;1-5(2)10(13)17-7-6-3-11(4-12)9(16-6)8(7)18-19(11,14)15;1-4(2)11(13)17-7-6-5(3-12)10-9(16-6)8(7)18-19(10,14)15/h8,11-13H,1,4-7H2,2-3H3;6-9H,1,4H2,2-3H3;5-10H,1H2,2-3H3;5-8H,1,3H2,2H3;4-9H,1H2,2H3;6-9H,1,3H2,2H3;5-10H,1H2,2H3. The molecule has 0 spiro atoms. The minimum absolute atomic E-state index is 0.0151. The molecule has 21 rings (SSSR count). The van der Waals surface area contributed by atoms with Crippen molar-refractivity contribution in [3.05, 3.63) is 85.1 Å². The summed E-state index contributed by atoms with van der Waals surface area (Å²) in [5, 5.41) is 13.3. The Bertz CT molecular complexity index is 6740. The predicted octanol–water partition coefficient (Wildman–Crippen LogP) is -1.63. The molecule has 21 aliphatic rings. The molecule has 0 radical (unpaired) electrons. The van der Waals surface area contributed by atoms with Crippen LogP contribution in [0.4, 0.5) is 26.3 Å². The SMILES string of the molecule is C=C(C)C(=O)OC1C2CC3(C#N)C(O2)C1OS3(=O)=O.C=C(C)C(=O)OC1C2CC3(C(=O)OC)C(O2)C1OS3(=O)=O.C=C(C)C(=O)OC1C2CC3(C(F)(F)F)C(O2)C1OS3(=O)=O.C=C(C)C(=O)OC1C2OC3C1OS(=O)(=O)C3C2C#N.C=C(C)C(=O)OC1C2OS(=O)(=O)C3C2OC1C3C(=O)OC.C=C(C)C(=O)OC1C2OS(=O)(=O)C3C2OC1C3C(F)(F)F.C=C(C)C(=O)OC1C2OS(=O)(=O)C3CC1(COC(C)=O)OC23CCOC=O. The summed E-state index contributed by atoms with van der Waals surface area (Å²) in [4.78, 5) is 127. The third-order valence-electron chi connectivity index (χ3n) is 28.4. The monoisotopic (exact) mass is 2270 g/mol. The molecule has 0 amide bonds. The topological polar surface area (TPSA) is 705 Å². The Morgan fingerprint density at radius 3 is 1.28 bits per heavy atom. The zero-order valence-corrected chi connectivity index (χ0v) is 84.7. The van der Waals surface area contributed by atoms with Crippen molar-refractivity contribution in [2.75, 3.05) is 27.4 Å². The molecular weight excluding hydrogens is 2180 g/mol. The second-order valence-electron chi connectivity index (χ2n) is 38.1. The van der Waals surface area contributed by atoms with Crippen molar-refractivity contribution >= 4 is 137 Å². The average molecular weight is 2270 g/mol. The summed E-state index contributed by atoms with van der Waals surface area (Å²) >= 11 is 0. The van der Waals surface area contributed by atoms with Crippen LogP contribution in [-0.4, -0.2) is 370 Å². The summed E-state index contributed by atoms with van der Waals surface area (Å²) in [5.41, 5.74) is -1.89. The number of carbonyl (C=O) groups is 11. The molecule has 52 nitrogen and oxygen atoms in total. The number of nitrogens with zero attached hydrogens (tertiary/aromatic N) is 2. The summed E-state index contributed by atoms with van der Waals surface area (Å²) in [6, 6.07) is 3.70. The zero-order chi connectivity index (χ0) is 111. The van der Waals surface area contributed by atoms with Gasteiger partial charge >= 0.3 is 72.0 Å². The van der Waals surface area contributed by atoms with Crippen molar-refractivity contribution in [2.24, 2.45) is 17.8 Å². The van der Waals surface area contributed by atoms with E-state index >= 15 is 0 Å². The van der Waals surface area contributed by atoms with Crippen molar-refractivity contribution in [1.29, 1.82) is 10.5 Å². The van der Waals surface area contributed by atoms with Gasteiger partial charge in [0.25, 0.3) is 77.3 Å². The second kappa shape index (κ2) is 38.6. The predicted molar refractivity (Wildman–Crippen MR) is 461 cm³/mol. The number of alkyl halides is 6. The summed E-state index contributed by atoms with van der Waals surface area (Å²) in [5.74, 6) is -11.6. The molecule has 14 bridgehead atoms. The van der Waals surface area contributed by atoms with Crippen LogP contribution in [0.2, 0.25) is 0 Å². The molecule has 38 unspecified atom stereocenters. The van der Waals surface area contributed by atoms with Gasteiger partial charge in [-0.1, -0.05) is 46.1 Å². The van der Waals surface area contributed by atoms with Gasteiger partial charge in [-0.25, -0.2) is 33.6 Å². The lowest BCUT2D eigenvalue weighted by molar-refractivity contribution is -0.199. The number of esters is 10. The van der Waals surface area contributed by atoms with Crippen LogP contribution in [0.25, 0.3) is 0 Å². The van der Waals surface area contributed by atoms with Crippen molar-refractivity contribution in [3.63, 3.8) is 0 Å². The van der Waals surface area contributed by atoms with E-state index in [4.69, 9.17) is 107 Å². The number of hydrogen-bond donors (Lipinski definition) is 0. The Labute approximate surface area is 842 Å². The normalized spacial score (nSPS) is 42.2. The minimum Gasteiger partial charge on any atom is -0.469 e. The molecule has 21 fully saturated rings. The van der Waals surface area contributed by atoms with E-state index in [0.29, 0.717) is 0 Å². The highest BCUT2D eigenvalue weighted by atomic mass is 32.2. The van der Waals surface area contributed by atoms with Crippen LogP contribution in [0.5, 0.6) is 0 Å². The number of nitriles is 2. The zero-order valence-electron chi connectivity index (χ0n) is 79.0. The van der Waals surface area contributed by atoms with Crippen LogP contribution in [0.1, 0.15) is 87.5 Å². The van der Waals surface area contributed by atoms with Gasteiger partial charge in [0, 0.05) is 78.0 Å². The van der Waals surface area contributed by atoms with Gasteiger partial charge in [0.2, 0.25) is 14.2 Å². The molecule has 0 aliphatic carbocycles. The van der Waals surface area contributed by atoms with E-state index in [9.17, 15) is 138 Å². The van der Waals surface area contributed by atoms with E-state index in [1.54, 1.807) is 6.07 Å². The lowest BCUT2D eigenvalue weighted by Crippen LogP contribution is -2.57. The van der Waals surface area contributed by atoms with E-state index in [1.807, 2.05) is 6.07 Å². The van der Waals surface area contributed by atoms with Gasteiger partial charge in [-0.05, 0) is 48.5 Å². The Kier molecular flexibility index (Phi) is 29.3. The Hall–Kier alpha value is -10.0. The fourth-order valence-electron chi connectivity index (χ4n) is 21.9. The van der Waals surface area contributed by atoms with Gasteiger partial charge in [0.15, 0.2) is 42.7 Å². The molecule has 0 aromatic heterocycles. The molecule has 65 heteroatoms. The molecular formula is C84H92F6N2O50S7. The van der Waals surface area contributed by atoms with Gasteiger partial charge in [-0.15, -0.1) is 0 Å². The second-order valence-corrected chi connectivity index (χ2v) is 50.5. The first-order chi connectivity index (χ1) is 68.8. The van der Waals surface area contributed by atoms with Gasteiger partial charge in [-0.2, -0.15) is 95.8 Å². The molecule has 21 saturated heterocycles. The number of carbonyl (C=O) groups excluding carboxylic acids is 11. The fraction of sp³-hybridized carbons (Fsp3) is 0.679. The van der Waals surface area contributed by atoms with Crippen LogP contribution in [0.15, 0.2) is 85.1 Å². The molecule has 822 valence electrons. The lowest BCUT2D eigenvalue weighted by atomic mass is 9.76. The third-order valence-corrected chi connectivity index (χ3v) is 41.1. The van der Waals surface area contributed by atoms with E-state index in [1.165, 1.54) is 55.4 Å². The van der Waals surface area contributed by atoms with Gasteiger partial charge in [0.1, 0.15) is 161 Å². The number of ether oxygens (including phenoxy) is 18. The molecule has 0 aromatic carbocycles. The van der Waals surface area contributed by atoms with Crippen LogP contribution in [0.3, 0.4) is 0 Å². The third kappa shape index (κ3) is 18.1. The molecule has 149 heavy (non-hydrogen) atoms. The fourth-order valence-corrected chi connectivity index (χ4v) is 34.6. The van der Waals surface area contributed by atoms with Crippen LogP contribution in [-0.2, 0) is 238 Å². The Morgan fingerprint density at radius 1 is 0.416 bits per heavy atom. The smallest absolute Gasteiger partial charge is 0.413 e. The van der Waals surface area contributed by atoms with E-state index in [-0.39, 0.29) is 84.4 Å². The molecule has 0 N–H and O–H groups in total. The highest BCUT2D eigenvalue weighted by Gasteiger charge is 2.87. The maximum atomic E-state index is 13.3. The largest absolute Gasteiger partial charge is 0.469 e. The molecule has 0 aromatic rings. The number of methoxy groups -OCH3 is 2. The number of hydrogen-bond acceptors (Lipinski definition) is 52. The van der Waals surface area contributed by atoms with Crippen molar-refractivity contribution in [1.82, 2.24) is 0 Å². The lowest BCUT2D eigenvalue weighted by Gasteiger charge is -2.33. The minimum atomic E-state index is -5.02. The van der Waals surface area contributed by atoms with E-state index in [0.717, 1.165) is 14.2 Å². The maximum absolute atomic E-state index is 13.3. The molecule has 38 atom stereocenters. The first-order valence-electron chi connectivity index (χ1n) is 44.3. The van der Waals surface area contributed by atoms with Gasteiger partial charge in [0.05, 0.1) is 45.0 Å². The Morgan fingerprint density at radius 2 is 0.819 bits per heavy atom. The summed E-state index contributed by atoms with van der Waals surface area (Å²) in [6.07, 6.45) is -38.0. The van der Waals surface area contributed by atoms with Crippen LogP contribution in [0, 0.1) is 40.4 Å². The highest BCUT2D eigenvalue weighted by molar-refractivity contribution is 7.90. The quantitative estimate of drug-likeness (QED) is 0.0223. The van der Waals surface area contributed by atoms with E-state index < -0.39 is 372 Å². The van der Waals surface area contributed by atoms with E-state index in [2.05, 4.69) is 63.9 Å². The summed E-state index contributed by atoms with van der Waals surface area (Å²) < 4.78 is 368. The van der Waals surface area contributed by atoms with Gasteiger partial charge < -0.3 is 85.3 Å². The van der Waals surface area contributed by atoms with Crippen LogP contribution >= 0.6 is 0 Å². The number of rotatable bonds is 22. The maximum Gasteiger partial charge on any atom is 0.413 e. The summed E-state index contributed by atoms with van der Waals surface area (Å²) in [6.45, 7) is 35.0. The molecule has 21 aliphatic heterocycles. The number of fused-ring (bicyclic) bond motifs is 7. The summed E-state index contributed by atoms with van der Waals surface area (Å²) in [7, 11) is -27.1. The number of halogens is 6. The van der Waals surface area contributed by atoms with Crippen molar-refractivity contribution < 1.29 is 253 Å². The van der Waals surface area contributed by atoms with Crippen molar-refractivity contribution in [2.45, 2.75) is 305 Å². The van der Waals surface area contributed by atoms with Crippen LogP contribution < -0.4 is 0 Å². The highest BCUT2D eigenvalue weighted by Crippen LogP contribution is 2.65. The first kappa shape index (κ1) is 113. The Balaban J connectivity index is 0.000000130. The molecule has 21 heterocycles. The van der Waals surface area contributed by atoms with Crippen molar-refractivity contribution in [3.8, 4) is 12.1 Å². The average Bonchev–Trinajstić information content (AvgIpc) is 1.49. The first-order valence-corrected chi connectivity index (χ1v) is 54.4.